The van der Waals surface area contributed by atoms with Crippen molar-refractivity contribution in [2.24, 2.45) is 35.5 Å². The first kappa shape index (κ1) is 21.8. The molecule has 2 aromatic rings. The number of rotatable bonds is 5. The smallest absolute Gasteiger partial charge is 0.248 e. The van der Waals surface area contributed by atoms with Crippen LogP contribution >= 0.6 is 15.9 Å². The molecule has 7 rings (SSSR count). The highest BCUT2D eigenvalue weighted by Gasteiger charge is 2.67. The number of anilines is 1. The van der Waals surface area contributed by atoms with E-state index in [-0.39, 0.29) is 41.4 Å². The normalized spacial score (nSPS) is 31.3. The predicted molar refractivity (Wildman–Crippen MR) is 133 cm³/mol. The van der Waals surface area contributed by atoms with Crippen LogP contribution in [0.4, 0.5) is 5.69 Å². The molecule has 4 aliphatic carbocycles. The second kappa shape index (κ2) is 7.91. The number of hydrogen-bond acceptors (Lipinski definition) is 3. The molecule has 7 atom stereocenters. The highest BCUT2D eigenvalue weighted by molar-refractivity contribution is 9.10. The number of imide groups is 1. The van der Waals surface area contributed by atoms with E-state index in [0.717, 1.165) is 27.6 Å². The molecular weight excluding hydrogens is 492 g/mol. The fourth-order valence-electron chi connectivity index (χ4n) is 6.56. The number of carbonyl (C=O) groups is 3. The third kappa shape index (κ3) is 3.22. The lowest BCUT2D eigenvalue weighted by atomic mass is 9.63. The number of halogens is 1. The molecule has 1 saturated heterocycles. The fourth-order valence-corrected chi connectivity index (χ4v) is 6.99. The van der Waals surface area contributed by atoms with Crippen molar-refractivity contribution in [2.75, 3.05) is 5.32 Å². The third-order valence-corrected chi connectivity index (χ3v) is 9.42. The van der Waals surface area contributed by atoms with Gasteiger partial charge in [-0.3, -0.25) is 19.3 Å². The van der Waals surface area contributed by atoms with Gasteiger partial charge < -0.3 is 5.32 Å². The van der Waals surface area contributed by atoms with Crippen LogP contribution in [0.15, 0.2) is 59.1 Å². The van der Waals surface area contributed by atoms with Crippen molar-refractivity contribution in [3.8, 4) is 0 Å². The molecule has 0 spiro atoms. The van der Waals surface area contributed by atoms with Gasteiger partial charge in [0, 0.05) is 16.6 Å². The first-order valence-corrected chi connectivity index (χ1v) is 12.8. The summed E-state index contributed by atoms with van der Waals surface area (Å²) in [6.07, 6.45) is 5.74. The number of allylic oxidation sites excluding steroid dienone is 2. The summed E-state index contributed by atoms with van der Waals surface area (Å²) in [5.41, 5.74) is 3.61. The molecule has 6 heteroatoms. The summed E-state index contributed by atoms with van der Waals surface area (Å²) in [5, 5.41) is 3.03. The minimum Gasteiger partial charge on any atom is -0.324 e. The van der Waals surface area contributed by atoms with Crippen LogP contribution in [-0.4, -0.2) is 28.7 Å². The van der Waals surface area contributed by atoms with Crippen molar-refractivity contribution in [3.05, 3.63) is 75.8 Å². The lowest BCUT2D eigenvalue weighted by Gasteiger charge is -2.37. The van der Waals surface area contributed by atoms with Crippen LogP contribution in [-0.2, 0) is 20.8 Å². The Kier molecular flexibility index (Phi) is 5.07. The number of nitrogens with zero attached hydrogens (tertiary/aromatic N) is 1. The van der Waals surface area contributed by atoms with Gasteiger partial charge in [-0.2, -0.15) is 0 Å². The van der Waals surface area contributed by atoms with Crippen LogP contribution in [0.5, 0.6) is 0 Å². The van der Waals surface area contributed by atoms with Crippen molar-refractivity contribution in [2.45, 2.75) is 32.7 Å². The minimum absolute atomic E-state index is 0.137. The van der Waals surface area contributed by atoms with E-state index in [4.69, 9.17) is 0 Å². The molecule has 0 unspecified atom stereocenters. The number of carbonyl (C=O) groups excluding carboxylic acids is 3. The fraction of sp³-hybridized carbons (Fsp3) is 0.393. The van der Waals surface area contributed by atoms with Crippen LogP contribution < -0.4 is 5.32 Å². The number of nitrogens with one attached hydrogen (secondary N) is 1. The highest BCUT2D eigenvalue weighted by atomic mass is 79.9. The van der Waals surface area contributed by atoms with Crippen molar-refractivity contribution >= 4 is 39.3 Å². The van der Waals surface area contributed by atoms with E-state index in [2.05, 4.69) is 33.4 Å². The van der Waals surface area contributed by atoms with Crippen LogP contribution in [0.3, 0.4) is 0 Å². The zero-order chi connectivity index (χ0) is 23.7. The standard InChI is InChI=1S/C28H27BrN2O3/c1-14-15(2)22(11-10-21(14)29)30-26(32)23(12-16-6-4-3-5-7-16)31-27(33)24-17-8-9-18(20-13-19(17)20)25(24)28(31)34/h3-11,17-20,23-25H,12-13H2,1-2H3,(H,30,32)/t17-,18-,19-,20-,23-,24+,25+/m1/s1. The van der Waals surface area contributed by atoms with E-state index in [1.807, 2.05) is 56.3 Å². The zero-order valence-electron chi connectivity index (χ0n) is 19.2. The van der Waals surface area contributed by atoms with E-state index in [1.165, 1.54) is 4.90 Å². The van der Waals surface area contributed by atoms with Crippen LogP contribution in [0.2, 0.25) is 0 Å². The Hall–Kier alpha value is -2.73. The summed E-state index contributed by atoms with van der Waals surface area (Å²) in [6, 6.07) is 12.5. The third-order valence-electron chi connectivity index (χ3n) is 8.56. The lowest BCUT2D eigenvalue weighted by molar-refractivity contribution is -0.146. The van der Waals surface area contributed by atoms with Crippen LogP contribution in [0.25, 0.3) is 0 Å². The molecule has 1 aliphatic heterocycles. The molecule has 1 heterocycles. The predicted octanol–water partition coefficient (Wildman–Crippen LogP) is 4.67. The molecular formula is C28H27BrN2O3. The Morgan fingerprint density at radius 1 is 0.971 bits per heavy atom. The summed E-state index contributed by atoms with van der Waals surface area (Å²) in [6.45, 7) is 3.95. The zero-order valence-corrected chi connectivity index (χ0v) is 20.8. The maximum atomic E-state index is 13.7. The molecule has 2 aromatic carbocycles. The Bertz CT molecular complexity index is 1200. The maximum absolute atomic E-state index is 13.7. The molecule has 0 radical (unpaired) electrons. The van der Waals surface area contributed by atoms with Crippen molar-refractivity contribution in [3.63, 3.8) is 0 Å². The van der Waals surface area contributed by atoms with Gasteiger partial charge in [-0.25, -0.2) is 0 Å². The van der Waals surface area contributed by atoms with Gasteiger partial charge in [0.05, 0.1) is 11.8 Å². The summed E-state index contributed by atoms with van der Waals surface area (Å²) >= 11 is 3.53. The van der Waals surface area contributed by atoms with Crippen molar-refractivity contribution in [1.82, 2.24) is 4.90 Å². The van der Waals surface area contributed by atoms with E-state index in [1.54, 1.807) is 0 Å². The van der Waals surface area contributed by atoms with Crippen molar-refractivity contribution < 1.29 is 14.4 Å². The summed E-state index contributed by atoms with van der Waals surface area (Å²) in [7, 11) is 0. The average molecular weight is 519 g/mol. The largest absolute Gasteiger partial charge is 0.324 e. The van der Waals surface area contributed by atoms with Crippen LogP contribution in [0, 0.1) is 49.4 Å². The van der Waals surface area contributed by atoms with Gasteiger partial charge in [-0.1, -0.05) is 58.4 Å². The summed E-state index contributed by atoms with van der Waals surface area (Å²) < 4.78 is 0.972. The summed E-state index contributed by atoms with van der Waals surface area (Å²) in [5.74, 6) is 0.0587. The average Bonchev–Trinajstić information content (AvgIpc) is 3.62. The first-order valence-electron chi connectivity index (χ1n) is 12.0. The molecule has 0 aromatic heterocycles. The SMILES string of the molecule is Cc1c(Br)ccc(NC(=O)[C@@H](Cc2ccccc2)N2C(=O)[C@H]3[C@@H]4C=C[C@H]([C@H]5C[C@H]45)[C@@H]3C2=O)c1C. The number of amides is 3. The van der Waals surface area contributed by atoms with E-state index >= 15 is 0 Å². The minimum atomic E-state index is -0.882. The quantitative estimate of drug-likeness (QED) is 0.462. The number of benzene rings is 2. The molecule has 5 aliphatic rings. The van der Waals surface area contributed by atoms with Gasteiger partial charge >= 0.3 is 0 Å². The van der Waals surface area contributed by atoms with Gasteiger partial charge in [0.15, 0.2) is 0 Å². The first-order chi connectivity index (χ1) is 16.4. The van der Waals surface area contributed by atoms with Gasteiger partial charge in [-0.05, 0) is 72.8 Å². The summed E-state index contributed by atoms with van der Waals surface area (Å²) in [4.78, 5) is 42.5. The lowest BCUT2D eigenvalue weighted by Crippen LogP contribution is -2.49. The second-order valence-corrected chi connectivity index (χ2v) is 11.1. The van der Waals surface area contributed by atoms with Crippen LogP contribution in [0.1, 0.15) is 23.1 Å². The van der Waals surface area contributed by atoms with Crippen molar-refractivity contribution in [1.29, 1.82) is 0 Å². The van der Waals surface area contributed by atoms with Gasteiger partial charge in [0.2, 0.25) is 17.7 Å². The van der Waals surface area contributed by atoms with Gasteiger partial charge in [-0.15, -0.1) is 0 Å². The monoisotopic (exact) mass is 518 g/mol. The molecule has 3 amide bonds. The molecule has 1 N–H and O–H groups in total. The topological polar surface area (TPSA) is 66.5 Å². The van der Waals surface area contributed by atoms with Gasteiger partial charge in [0.25, 0.3) is 0 Å². The highest BCUT2D eigenvalue weighted by Crippen LogP contribution is 2.65. The van der Waals surface area contributed by atoms with E-state index in [0.29, 0.717) is 23.9 Å². The Morgan fingerprint density at radius 3 is 2.21 bits per heavy atom. The van der Waals surface area contributed by atoms with E-state index in [9.17, 15) is 14.4 Å². The Morgan fingerprint density at radius 2 is 1.59 bits per heavy atom. The molecule has 2 bridgehead atoms. The Labute approximate surface area is 207 Å². The molecule has 3 fully saturated rings. The maximum Gasteiger partial charge on any atom is 0.248 e. The molecule has 2 saturated carbocycles. The number of hydrogen-bond donors (Lipinski definition) is 1. The second-order valence-electron chi connectivity index (χ2n) is 10.2. The Balaban J connectivity index is 1.34. The van der Waals surface area contributed by atoms with E-state index < -0.39 is 6.04 Å². The number of likely N-dealkylation sites (tertiary alicyclic amines) is 1. The molecule has 174 valence electrons. The molecule has 34 heavy (non-hydrogen) atoms. The molecule has 5 nitrogen and oxygen atoms in total. The van der Waals surface area contributed by atoms with Gasteiger partial charge in [0.1, 0.15) is 6.04 Å².